The molecule has 0 bridgehead atoms. The molecule has 0 radical (unpaired) electrons. The molecule has 0 heterocycles. The Morgan fingerprint density at radius 2 is 2.05 bits per heavy atom. The third-order valence-electron chi connectivity index (χ3n) is 2.82. The first-order valence-corrected chi connectivity index (χ1v) is 6.95. The lowest BCUT2D eigenvalue weighted by atomic mass is 10.0. The summed E-state index contributed by atoms with van der Waals surface area (Å²) in [6, 6.07) is 2.65. The maximum atomic E-state index is 11.8. The molecule has 5 N–H and O–H groups in total. The highest BCUT2D eigenvalue weighted by molar-refractivity contribution is 5.88. The molecule has 0 saturated carbocycles. The highest BCUT2D eigenvalue weighted by atomic mass is 16.6. The van der Waals surface area contributed by atoms with Gasteiger partial charge in [-0.25, -0.2) is 4.79 Å². The van der Waals surface area contributed by atoms with E-state index < -0.39 is 17.7 Å². The SMILES string of the molecule is COc1cc(C(N)CCO)cc(NC(=O)OC(C)(C)C)c1O. The summed E-state index contributed by atoms with van der Waals surface area (Å²) in [7, 11) is 1.40. The number of aliphatic hydroxyl groups is 1. The minimum atomic E-state index is -0.697. The molecule has 0 spiro atoms. The Balaban J connectivity index is 3.07. The molecule has 0 aliphatic carbocycles. The molecule has 0 aliphatic rings. The fourth-order valence-electron chi connectivity index (χ4n) is 1.81. The van der Waals surface area contributed by atoms with Gasteiger partial charge in [-0.2, -0.15) is 0 Å². The fraction of sp³-hybridized carbons (Fsp3) is 0.533. The van der Waals surface area contributed by atoms with Crippen LogP contribution in [0.3, 0.4) is 0 Å². The summed E-state index contributed by atoms with van der Waals surface area (Å²) in [5.74, 6) is -0.0368. The number of methoxy groups -OCH3 is 1. The summed E-state index contributed by atoms with van der Waals surface area (Å²) in [6.07, 6.45) is -0.350. The first-order valence-electron chi connectivity index (χ1n) is 6.95. The summed E-state index contributed by atoms with van der Waals surface area (Å²) >= 11 is 0. The number of nitrogens with two attached hydrogens (primary N) is 1. The molecule has 1 aromatic carbocycles. The quantitative estimate of drug-likeness (QED) is 0.619. The van der Waals surface area contributed by atoms with Crippen molar-refractivity contribution < 1.29 is 24.5 Å². The highest BCUT2D eigenvalue weighted by Gasteiger charge is 2.20. The minimum absolute atomic E-state index is 0.0703. The highest BCUT2D eigenvalue weighted by Crippen LogP contribution is 2.37. The van der Waals surface area contributed by atoms with E-state index >= 15 is 0 Å². The topological polar surface area (TPSA) is 114 Å². The van der Waals surface area contributed by atoms with Gasteiger partial charge in [0.25, 0.3) is 0 Å². The standard InChI is InChI=1S/C15H24N2O5/c1-15(2,3)22-14(20)17-11-7-9(10(16)5-6-18)8-12(21-4)13(11)19/h7-8,10,18-19H,5-6,16H2,1-4H3,(H,17,20). The average Bonchev–Trinajstić information content (AvgIpc) is 2.39. The van der Waals surface area contributed by atoms with Crippen LogP contribution in [-0.2, 0) is 4.74 Å². The largest absolute Gasteiger partial charge is 0.503 e. The van der Waals surface area contributed by atoms with Gasteiger partial charge in [-0.05, 0) is 44.9 Å². The molecule has 7 heteroatoms. The molecule has 7 nitrogen and oxygen atoms in total. The second-order valence-electron chi connectivity index (χ2n) is 5.86. The van der Waals surface area contributed by atoms with Crippen molar-refractivity contribution in [2.75, 3.05) is 19.0 Å². The number of ether oxygens (including phenoxy) is 2. The number of benzene rings is 1. The van der Waals surface area contributed by atoms with Crippen LogP contribution in [0.15, 0.2) is 12.1 Å². The van der Waals surface area contributed by atoms with Crippen molar-refractivity contribution in [1.29, 1.82) is 0 Å². The van der Waals surface area contributed by atoms with E-state index in [0.29, 0.717) is 12.0 Å². The number of carbonyl (C=O) groups is 1. The van der Waals surface area contributed by atoms with Crippen LogP contribution in [0.5, 0.6) is 11.5 Å². The van der Waals surface area contributed by atoms with E-state index in [1.807, 2.05) is 0 Å². The maximum Gasteiger partial charge on any atom is 0.412 e. The molecule has 1 aromatic rings. The lowest BCUT2D eigenvalue weighted by Gasteiger charge is -2.21. The molecule has 0 aliphatic heterocycles. The van der Waals surface area contributed by atoms with Crippen molar-refractivity contribution in [3.05, 3.63) is 17.7 Å². The molecule has 22 heavy (non-hydrogen) atoms. The average molecular weight is 312 g/mol. The van der Waals surface area contributed by atoms with Gasteiger partial charge in [-0.1, -0.05) is 0 Å². The maximum absolute atomic E-state index is 11.8. The number of aliphatic hydroxyl groups excluding tert-OH is 1. The number of rotatable bonds is 5. The molecular formula is C15H24N2O5. The zero-order valence-electron chi connectivity index (χ0n) is 13.3. The number of aromatic hydroxyl groups is 1. The summed E-state index contributed by atoms with van der Waals surface area (Å²) in [4.78, 5) is 11.8. The van der Waals surface area contributed by atoms with Crippen LogP contribution in [0, 0.1) is 0 Å². The number of phenols is 1. The summed E-state index contributed by atoms with van der Waals surface area (Å²) in [5.41, 5.74) is 6.04. The molecule has 1 unspecified atom stereocenters. The van der Waals surface area contributed by atoms with Crippen LogP contribution < -0.4 is 15.8 Å². The molecule has 124 valence electrons. The van der Waals surface area contributed by atoms with Gasteiger partial charge >= 0.3 is 6.09 Å². The van der Waals surface area contributed by atoms with Gasteiger partial charge in [0.05, 0.1) is 12.8 Å². The Morgan fingerprint density at radius 1 is 1.41 bits per heavy atom. The van der Waals surface area contributed by atoms with E-state index in [9.17, 15) is 9.90 Å². The Hall–Kier alpha value is -1.99. The number of nitrogens with one attached hydrogen (secondary N) is 1. The molecule has 0 aromatic heterocycles. The van der Waals surface area contributed by atoms with E-state index in [2.05, 4.69) is 5.32 Å². The summed E-state index contributed by atoms with van der Waals surface area (Å²) in [6.45, 7) is 5.14. The molecule has 0 saturated heterocycles. The lowest BCUT2D eigenvalue weighted by molar-refractivity contribution is 0.0635. The van der Waals surface area contributed by atoms with E-state index in [-0.39, 0.29) is 23.8 Å². The van der Waals surface area contributed by atoms with E-state index in [1.165, 1.54) is 13.2 Å². The minimum Gasteiger partial charge on any atom is -0.503 e. The lowest BCUT2D eigenvalue weighted by Crippen LogP contribution is -2.27. The van der Waals surface area contributed by atoms with Gasteiger partial charge in [-0.15, -0.1) is 0 Å². The van der Waals surface area contributed by atoms with Crippen LogP contribution >= 0.6 is 0 Å². The van der Waals surface area contributed by atoms with Crippen LogP contribution in [-0.4, -0.2) is 35.6 Å². The van der Waals surface area contributed by atoms with Crippen molar-refractivity contribution in [1.82, 2.24) is 0 Å². The molecular weight excluding hydrogens is 288 g/mol. The summed E-state index contributed by atoms with van der Waals surface area (Å²) < 4.78 is 10.2. The second kappa shape index (κ2) is 7.33. The third kappa shape index (κ3) is 5.09. The molecule has 1 amide bonds. The number of phenolic OH excluding ortho intramolecular Hbond substituents is 1. The van der Waals surface area contributed by atoms with Crippen LogP contribution in [0.1, 0.15) is 38.8 Å². The second-order valence-corrected chi connectivity index (χ2v) is 5.86. The van der Waals surface area contributed by atoms with Crippen molar-refractivity contribution in [2.45, 2.75) is 38.8 Å². The smallest absolute Gasteiger partial charge is 0.412 e. The predicted molar refractivity (Wildman–Crippen MR) is 83.1 cm³/mol. The van der Waals surface area contributed by atoms with Gasteiger partial charge < -0.3 is 25.4 Å². The van der Waals surface area contributed by atoms with Crippen LogP contribution in [0.2, 0.25) is 0 Å². The van der Waals surface area contributed by atoms with Gasteiger partial charge in [0.15, 0.2) is 11.5 Å². The van der Waals surface area contributed by atoms with Crippen molar-refractivity contribution in [3.8, 4) is 11.5 Å². The van der Waals surface area contributed by atoms with E-state index in [1.54, 1.807) is 26.8 Å². The first kappa shape index (κ1) is 18.1. The third-order valence-corrected chi connectivity index (χ3v) is 2.82. The predicted octanol–water partition coefficient (Wildman–Crippen LogP) is 2.13. The van der Waals surface area contributed by atoms with Gasteiger partial charge in [0.2, 0.25) is 0 Å². The Labute approximate surface area is 130 Å². The number of amides is 1. The normalized spacial score (nSPS) is 12.6. The Bertz CT molecular complexity index is 525. The van der Waals surface area contributed by atoms with Crippen molar-refractivity contribution in [2.24, 2.45) is 5.73 Å². The van der Waals surface area contributed by atoms with Gasteiger partial charge in [-0.3, -0.25) is 5.32 Å². The zero-order chi connectivity index (χ0) is 16.9. The monoisotopic (exact) mass is 312 g/mol. The first-order chi connectivity index (χ1) is 10.2. The molecule has 1 rings (SSSR count). The summed E-state index contributed by atoms with van der Waals surface area (Å²) in [5, 5.41) is 21.5. The van der Waals surface area contributed by atoms with Crippen LogP contribution in [0.4, 0.5) is 10.5 Å². The van der Waals surface area contributed by atoms with Crippen LogP contribution in [0.25, 0.3) is 0 Å². The molecule has 1 atom stereocenters. The Morgan fingerprint density at radius 3 is 2.55 bits per heavy atom. The number of hydrogen-bond acceptors (Lipinski definition) is 6. The van der Waals surface area contributed by atoms with Gasteiger partial charge in [0.1, 0.15) is 5.60 Å². The molecule has 0 fully saturated rings. The fourth-order valence-corrected chi connectivity index (χ4v) is 1.81. The number of carbonyl (C=O) groups excluding carboxylic acids is 1. The van der Waals surface area contributed by atoms with Gasteiger partial charge in [0, 0.05) is 12.6 Å². The number of hydrogen-bond donors (Lipinski definition) is 4. The van der Waals surface area contributed by atoms with Crippen molar-refractivity contribution in [3.63, 3.8) is 0 Å². The zero-order valence-corrected chi connectivity index (χ0v) is 13.3. The van der Waals surface area contributed by atoms with E-state index in [4.69, 9.17) is 20.3 Å². The Kier molecular flexibility index (Phi) is 6.01. The number of anilines is 1. The van der Waals surface area contributed by atoms with E-state index in [0.717, 1.165) is 0 Å². The van der Waals surface area contributed by atoms with Crippen molar-refractivity contribution >= 4 is 11.8 Å².